The summed E-state index contributed by atoms with van der Waals surface area (Å²) in [5, 5.41) is 5.44. The van der Waals surface area contributed by atoms with Crippen molar-refractivity contribution < 1.29 is 28.7 Å². The lowest BCUT2D eigenvalue weighted by atomic mass is 10.1. The van der Waals surface area contributed by atoms with Crippen LogP contribution in [0.5, 0.6) is 11.5 Å². The van der Waals surface area contributed by atoms with Crippen LogP contribution >= 0.6 is 0 Å². The van der Waals surface area contributed by atoms with Crippen LogP contribution in [0.1, 0.15) is 50.5 Å². The third-order valence-electron chi connectivity index (χ3n) is 6.85. The monoisotopic (exact) mass is 560 g/mol. The van der Waals surface area contributed by atoms with Crippen LogP contribution in [0.15, 0.2) is 23.2 Å². The fraction of sp³-hybridized carbons (Fsp3) is 0.577. The zero-order chi connectivity index (χ0) is 29.1. The summed E-state index contributed by atoms with van der Waals surface area (Å²) in [6, 6.07) is 2.71. The highest BCUT2D eigenvalue weighted by molar-refractivity contribution is 5.94. The third-order valence-corrected chi connectivity index (χ3v) is 6.85. The lowest BCUT2D eigenvalue weighted by Crippen LogP contribution is -2.56. The van der Waals surface area contributed by atoms with Crippen molar-refractivity contribution in [3.63, 3.8) is 0 Å². The number of aliphatic imine (C=N–C) groups is 1. The molecule has 2 heterocycles. The molecule has 0 saturated carbocycles. The number of carbonyl (C=O) groups is 4. The predicted octanol–water partition coefficient (Wildman–Crippen LogP) is -1.41. The molecule has 40 heavy (non-hydrogen) atoms. The van der Waals surface area contributed by atoms with Gasteiger partial charge >= 0.3 is 0 Å². The van der Waals surface area contributed by atoms with Gasteiger partial charge in [0.2, 0.25) is 30.4 Å². The Morgan fingerprint density at radius 2 is 1.75 bits per heavy atom. The number of likely N-dealkylation sites (tertiary alicyclic amines) is 1. The van der Waals surface area contributed by atoms with Crippen molar-refractivity contribution in [3.05, 3.63) is 23.8 Å². The zero-order valence-corrected chi connectivity index (χ0v) is 22.6. The Balaban J connectivity index is 1.62. The van der Waals surface area contributed by atoms with E-state index in [4.69, 9.17) is 32.4 Å². The van der Waals surface area contributed by atoms with Gasteiger partial charge in [-0.15, -0.1) is 0 Å². The van der Waals surface area contributed by atoms with E-state index in [1.54, 1.807) is 23.1 Å². The minimum Gasteiger partial charge on any atom is -0.454 e. The molecular formula is C26H40N8O6. The standard InChI is InChI=1S/C26H40N8O6/c27-10-2-1-5-18(24(37)32-17(23(28)36)6-3-11-31-26(29)30)33-25(38)19-7-4-12-34(19)22(35)14-16-8-9-20-21(13-16)40-15-39-20/h8-9,13,17-19H,1-7,10-12,14-15,27H2,(H2,28,36)(H,32,37)(H,33,38)(H4,29,30,31). The molecule has 3 atom stereocenters. The van der Waals surface area contributed by atoms with E-state index in [0.29, 0.717) is 63.1 Å². The van der Waals surface area contributed by atoms with Gasteiger partial charge in [0.25, 0.3) is 0 Å². The topological polar surface area (TPSA) is 230 Å². The number of benzene rings is 1. The van der Waals surface area contributed by atoms with Crippen LogP contribution < -0.4 is 43.0 Å². The molecule has 2 aliphatic rings. The van der Waals surface area contributed by atoms with Gasteiger partial charge < -0.3 is 47.9 Å². The molecule has 0 aliphatic carbocycles. The first-order chi connectivity index (χ1) is 19.2. The van der Waals surface area contributed by atoms with E-state index >= 15 is 0 Å². The predicted molar refractivity (Wildman–Crippen MR) is 147 cm³/mol. The largest absolute Gasteiger partial charge is 0.454 e. The van der Waals surface area contributed by atoms with Gasteiger partial charge in [0.15, 0.2) is 17.5 Å². The molecule has 220 valence electrons. The van der Waals surface area contributed by atoms with Crippen molar-refractivity contribution in [2.75, 3.05) is 26.4 Å². The molecule has 1 fully saturated rings. The van der Waals surface area contributed by atoms with E-state index in [0.717, 1.165) is 5.56 Å². The molecular weight excluding hydrogens is 520 g/mol. The van der Waals surface area contributed by atoms with Crippen LogP contribution in [0, 0.1) is 0 Å². The Morgan fingerprint density at radius 3 is 2.48 bits per heavy atom. The van der Waals surface area contributed by atoms with E-state index in [-0.39, 0.29) is 38.0 Å². The number of primary amides is 1. The highest BCUT2D eigenvalue weighted by Crippen LogP contribution is 2.33. The maximum absolute atomic E-state index is 13.3. The fourth-order valence-electron chi connectivity index (χ4n) is 4.76. The molecule has 4 amide bonds. The third kappa shape index (κ3) is 8.73. The van der Waals surface area contributed by atoms with Gasteiger partial charge in [-0.3, -0.25) is 24.2 Å². The summed E-state index contributed by atoms with van der Waals surface area (Å²) in [5.74, 6) is -0.729. The van der Waals surface area contributed by atoms with Gasteiger partial charge in [-0.1, -0.05) is 6.07 Å². The maximum Gasteiger partial charge on any atom is 0.243 e. The number of hydrogen-bond acceptors (Lipinski definition) is 8. The van der Waals surface area contributed by atoms with Crippen molar-refractivity contribution in [1.29, 1.82) is 0 Å². The molecule has 0 bridgehead atoms. The van der Waals surface area contributed by atoms with Crippen LogP contribution in [-0.4, -0.2) is 79.0 Å². The van der Waals surface area contributed by atoms with Gasteiger partial charge in [-0.05, 0) is 69.2 Å². The SMILES string of the molecule is NCCCCC(NC(=O)C1CCCN1C(=O)Cc1ccc2c(c1)OCO2)C(=O)NC(CCCN=C(N)N)C(N)=O. The molecule has 14 nitrogen and oxygen atoms in total. The number of nitrogens with zero attached hydrogens (tertiary/aromatic N) is 2. The lowest BCUT2D eigenvalue weighted by Gasteiger charge is -2.27. The number of ether oxygens (including phenoxy) is 2. The number of guanidine groups is 1. The summed E-state index contributed by atoms with van der Waals surface area (Å²) in [7, 11) is 0. The van der Waals surface area contributed by atoms with E-state index in [1.165, 1.54) is 0 Å². The number of rotatable bonds is 15. The number of unbranched alkanes of at least 4 members (excludes halogenated alkanes) is 1. The first-order valence-corrected chi connectivity index (χ1v) is 13.5. The summed E-state index contributed by atoms with van der Waals surface area (Å²) >= 11 is 0. The summed E-state index contributed by atoms with van der Waals surface area (Å²) in [6.45, 7) is 1.28. The Morgan fingerprint density at radius 1 is 1.00 bits per heavy atom. The summed E-state index contributed by atoms with van der Waals surface area (Å²) < 4.78 is 10.7. The zero-order valence-electron chi connectivity index (χ0n) is 22.6. The summed E-state index contributed by atoms with van der Waals surface area (Å²) in [6.07, 6.45) is 3.43. The molecule has 0 aromatic heterocycles. The molecule has 14 heteroatoms. The van der Waals surface area contributed by atoms with Crippen LogP contribution in [0.2, 0.25) is 0 Å². The normalized spacial score (nSPS) is 17.1. The number of fused-ring (bicyclic) bond motifs is 1. The van der Waals surface area contributed by atoms with Crippen LogP contribution in [-0.2, 0) is 25.6 Å². The van der Waals surface area contributed by atoms with E-state index in [9.17, 15) is 19.2 Å². The van der Waals surface area contributed by atoms with Crippen molar-refractivity contribution in [3.8, 4) is 11.5 Å². The van der Waals surface area contributed by atoms with E-state index in [1.807, 2.05) is 0 Å². The fourth-order valence-corrected chi connectivity index (χ4v) is 4.76. The lowest BCUT2D eigenvalue weighted by molar-refractivity contribution is -0.139. The average Bonchev–Trinajstić information content (AvgIpc) is 3.59. The number of nitrogens with one attached hydrogen (secondary N) is 2. The van der Waals surface area contributed by atoms with Crippen LogP contribution in [0.25, 0.3) is 0 Å². The Hall–Kier alpha value is -4.07. The number of amides is 4. The smallest absolute Gasteiger partial charge is 0.243 e. The minimum atomic E-state index is -0.957. The first-order valence-electron chi connectivity index (χ1n) is 13.5. The molecule has 3 unspecified atom stereocenters. The number of nitrogens with two attached hydrogens (primary N) is 4. The highest BCUT2D eigenvalue weighted by atomic mass is 16.7. The van der Waals surface area contributed by atoms with Crippen molar-refractivity contribution in [2.45, 2.75) is 69.5 Å². The van der Waals surface area contributed by atoms with Crippen LogP contribution in [0.4, 0.5) is 0 Å². The van der Waals surface area contributed by atoms with Gasteiger partial charge in [0, 0.05) is 13.1 Å². The highest BCUT2D eigenvalue weighted by Gasteiger charge is 2.36. The number of hydrogen-bond donors (Lipinski definition) is 6. The maximum atomic E-state index is 13.3. The number of carbonyl (C=O) groups excluding carboxylic acids is 4. The summed E-state index contributed by atoms with van der Waals surface area (Å²) in [4.78, 5) is 57.0. The molecule has 1 aromatic carbocycles. The Kier molecular flexibility index (Phi) is 11.4. The second-order valence-corrected chi connectivity index (χ2v) is 9.87. The quantitative estimate of drug-likeness (QED) is 0.0839. The van der Waals surface area contributed by atoms with E-state index in [2.05, 4.69) is 15.6 Å². The van der Waals surface area contributed by atoms with Crippen molar-refractivity contribution >= 4 is 29.6 Å². The van der Waals surface area contributed by atoms with Gasteiger partial charge in [-0.25, -0.2) is 0 Å². The average molecular weight is 561 g/mol. The van der Waals surface area contributed by atoms with Crippen molar-refractivity contribution in [1.82, 2.24) is 15.5 Å². The molecule has 0 radical (unpaired) electrons. The van der Waals surface area contributed by atoms with Gasteiger partial charge in [0.05, 0.1) is 6.42 Å². The van der Waals surface area contributed by atoms with Crippen LogP contribution in [0.3, 0.4) is 0 Å². The summed E-state index contributed by atoms with van der Waals surface area (Å²) in [5.41, 5.74) is 22.5. The minimum absolute atomic E-state index is 0.0716. The van der Waals surface area contributed by atoms with Gasteiger partial charge in [-0.2, -0.15) is 0 Å². The van der Waals surface area contributed by atoms with Crippen molar-refractivity contribution in [2.24, 2.45) is 27.9 Å². The Labute approximate surface area is 233 Å². The van der Waals surface area contributed by atoms with Gasteiger partial charge in [0.1, 0.15) is 18.1 Å². The molecule has 1 saturated heterocycles. The Bertz CT molecular complexity index is 1090. The molecule has 1 aromatic rings. The first kappa shape index (κ1) is 30.5. The second kappa shape index (κ2) is 14.9. The second-order valence-electron chi connectivity index (χ2n) is 9.87. The molecule has 2 aliphatic heterocycles. The van der Waals surface area contributed by atoms with E-state index < -0.39 is 35.8 Å². The molecule has 10 N–H and O–H groups in total. The molecule has 3 rings (SSSR count). The molecule has 0 spiro atoms.